The monoisotopic (exact) mass is 358 g/mol. The third-order valence-electron chi connectivity index (χ3n) is 4.94. The fraction of sp³-hybridized carbons (Fsp3) is 0.500. The number of nitrogens with zero attached hydrogens (tertiary/aromatic N) is 5. The molecule has 138 valence electrons. The summed E-state index contributed by atoms with van der Waals surface area (Å²) in [5, 5.41) is 9.80. The van der Waals surface area contributed by atoms with Crippen LogP contribution in [0.3, 0.4) is 0 Å². The van der Waals surface area contributed by atoms with E-state index in [1.54, 1.807) is 7.11 Å². The molecule has 0 bridgehead atoms. The van der Waals surface area contributed by atoms with Gasteiger partial charge in [0.2, 0.25) is 5.95 Å². The SMILES string of the molecule is COCCn1c(Cc2ccc3cc[nH]c3n2)nnc1N1C[C@@H](C)[C@@H](F)C1. The normalized spacial score (nSPS) is 20.3. The Labute approximate surface area is 151 Å². The summed E-state index contributed by atoms with van der Waals surface area (Å²) in [6.45, 7) is 4.11. The Balaban J connectivity index is 1.62. The lowest BCUT2D eigenvalue weighted by molar-refractivity contribution is 0.186. The molecule has 1 saturated heterocycles. The summed E-state index contributed by atoms with van der Waals surface area (Å²) in [4.78, 5) is 9.75. The molecule has 0 amide bonds. The number of fused-ring (bicyclic) bond motifs is 1. The number of halogens is 1. The van der Waals surface area contributed by atoms with E-state index in [1.807, 2.05) is 40.8 Å². The average Bonchev–Trinajstić information content (AvgIpc) is 3.33. The first-order valence-electron chi connectivity index (χ1n) is 8.88. The minimum Gasteiger partial charge on any atom is -0.383 e. The molecule has 2 atom stereocenters. The molecule has 1 fully saturated rings. The zero-order valence-corrected chi connectivity index (χ0v) is 15.0. The van der Waals surface area contributed by atoms with E-state index in [2.05, 4.69) is 20.2 Å². The van der Waals surface area contributed by atoms with Crippen molar-refractivity contribution in [1.29, 1.82) is 0 Å². The van der Waals surface area contributed by atoms with Crippen molar-refractivity contribution >= 4 is 17.0 Å². The molecule has 0 saturated carbocycles. The van der Waals surface area contributed by atoms with Gasteiger partial charge in [-0.2, -0.15) is 0 Å². The molecule has 4 rings (SSSR count). The lowest BCUT2D eigenvalue weighted by atomic mass is 10.1. The summed E-state index contributed by atoms with van der Waals surface area (Å²) in [5.41, 5.74) is 1.77. The van der Waals surface area contributed by atoms with E-state index in [0.29, 0.717) is 38.6 Å². The Kier molecular flexibility index (Phi) is 4.58. The number of alkyl halides is 1. The van der Waals surface area contributed by atoms with Crippen molar-refractivity contribution in [2.45, 2.75) is 26.1 Å². The van der Waals surface area contributed by atoms with Crippen LogP contribution in [0.25, 0.3) is 11.0 Å². The van der Waals surface area contributed by atoms with E-state index in [9.17, 15) is 4.39 Å². The van der Waals surface area contributed by atoms with Crippen LogP contribution in [-0.4, -0.2) is 57.7 Å². The predicted molar refractivity (Wildman–Crippen MR) is 97.1 cm³/mol. The van der Waals surface area contributed by atoms with Gasteiger partial charge in [-0.3, -0.25) is 4.57 Å². The first-order chi connectivity index (χ1) is 12.7. The highest BCUT2D eigenvalue weighted by atomic mass is 19.1. The number of H-pyrrole nitrogens is 1. The first-order valence-corrected chi connectivity index (χ1v) is 8.88. The second kappa shape index (κ2) is 7.03. The Bertz CT molecular complexity index is 881. The van der Waals surface area contributed by atoms with Crippen LogP contribution in [0.5, 0.6) is 0 Å². The molecule has 3 aromatic heterocycles. The van der Waals surface area contributed by atoms with E-state index in [-0.39, 0.29) is 5.92 Å². The topological polar surface area (TPSA) is 71.9 Å². The fourth-order valence-corrected chi connectivity index (χ4v) is 3.42. The highest BCUT2D eigenvalue weighted by molar-refractivity contribution is 5.75. The van der Waals surface area contributed by atoms with Crippen LogP contribution in [0, 0.1) is 5.92 Å². The zero-order chi connectivity index (χ0) is 18.1. The van der Waals surface area contributed by atoms with E-state index >= 15 is 0 Å². The molecule has 0 unspecified atom stereocenters. The second-order valence-electron chi connectivity index (χ2n) is 6.85. The Hall–Kier alpha value is -2.48. The maximum atomic E-state index is 14.0. The van der Waals surface area contributed by atoms with Gasteiger partial charge in [0.15, 0.2) is 0 Å². The Morgan fingerprint density at radius 3 is 2.92 bits per heavy atom. The van der Waals surface area contributed by atoms with Gasteiger partial charge in [-0.25, -0.2) is 9.37 Å². The molecular weight excluding hydrogens is 335 g/mol. The lowest BCUT2D eigenvalue weighted by Crippen LogP contribution is -2.25. The molecule has 1 aliphatic heterocycles. The van der Waals surface area contributed by atoms with Crippen molar-refractivity contribution in [1.82, 2.24) is 24.7 Å². The fourth-order valence-electron chi connectivity index (χ4n) is 3.42. The van der Waals surface area contributed by atoms with Gasteiger partial charge in [0, 0.05) is 31.2 Å². The second-order valence-corrected chi connectivity index (χ2v) is 6.85. The van der Waals surface area contributed by atoms with E-state index < -0.39 is 6.17 Å². The van der Waals surface area contributed by atoms with Gasteiger partial charge < -0.3 is 14.6 Å². The number of anilines is 1. The summed E-state index contributed by atoms with van der Waals surface area (Å²) in [5.74, 6) is 1.53. The lowest BCUT2D eigenvalue weighted by Gasteiger charge is -2.18. The predicted octanol–water partition coefficient (Wildman–Crippen LogP) is 2.19. The molecule has 4 heterocycles. The number of rotatable bonds is 6. The van der Waals surface area contributed by atoms with Gasteiger partial charge in [-0.05, 0) is 18.2 Å². The minimum absolute atomic E-state index is 0.00276. The van der Waals surface area contributed by atoms with Crippen molar-refractivity contribution in [3.8, 4) is 0 Å². The number of aromatic amines is 1. The van der Waals surface area contributed by atoms with Crippen LogP contribution in [0.2, 0.25) is 0 Å². The van der Waals surface area contributed by atoms with Gasteiger partial charge in [0.05, 0.1) is 31.8 Å². The molecule has 0 radical (unpaired) electrons. The minimum atomic E-state index is -0.831. The Morgan fingerprint density at radius 2 is 2.15 bits per heavy atom. The van der Waals surface area contributed by atoms with Gasteiger partial charge in [-0.1, -0.05) is 6.92 Å². The van der Waals surface area contributed by atoms with Gasteiger partial charge >= 0.3 is 0 Å². The van der Waals surface area contributed by atoms with Crippen LogP contribution in [0.4, 0.5) is 10.3 Å². The standard InChI is InChI=1S/C18H23FN6O/c1-12-10-24(11-15(12)19)18-23-22-16(25(18)7-8-26-2)9-14-4-3-13-5-6-20-17(13)21-14/h3-6,12,15H,7-11H2,1-2H3,(H,20,21)/t12-,15+/m1/s1. The number of aromatic nitrogens is 5. The maximum absolute atomic E-state index is 14.0. The molecule has 0 aromatic carbocycles. The van der Waals surface area contributed by atoms with Crippen LogP contribution in [0.15, 0.2) is 24.4 Å². The molecule has 3 aromatic rings. The number of ether oxygens (including phenoxy) is 1. The molecule has 1 aliphatic rings. The molecule has 1 N–H and O–H groups in total. The van der Waals surface area contributed by atoms with Gasteiger partial charge in [0.25, 0.3) is 0 Å². The summed E-state index contributed by atoms with van der Waals surface area (Å²) < 4.78 is 21.2. The highest BCUT2D eigenvalue weighted by Gasteiger charge is 2.32. The van der Waals surface area contributed by atoms with E-state index in [0.717, 1.165) is 22.6 Å². The average molecular weight is 358 g/mol. The highest BCUT2D eigenvalue weighted by Crippen LogP contribution is 2.25. The third kappa shape index (κ3) is 3.16. The van der Waals surface area contributed by atoms with E-state index in [1.165, 1.54) is 0 Å². The van der Waals surface area contributed by atoms with Crippen molar-refractivity contribution in [2.24, 2.45) is 5.92 Å². The van der Waals surface area contributed by atoms with Crippen LogP contribution >= 0.6 is 0 Å². The van der Waals surface area contributed by atoms with Crippen molar-refractivity contribution in [3.63, 3.8) is 0 Å². The summed E-state index contributed by atoms with van der Waals surface area (Å²) >= 11 is 0. The van der Waals surface area contributed by atoms with Crippen LogP contribution < -0.4 is 4.90 Å². The van der Waals surface area contributed by atoms with Crippen molar-refractivity contribution in [2.75, 3.05) is 31.7 Å². The Morgan fingerprint density at radius 1 is 1.27 bits per heavy atom. The van der Waals surface area contributed by atoms with Crippen molar-refractivity contribution in [3.05, 3.63) is 35.9 Å². The van der Waals surface area contributed by atoms with Crippen LogP contribution in [0.1, 0.15) is 18.4 Å². The molecule has 8 heteroatoms. The van der Waals surface area contributed by atoms with Gasteiger partial charge in [-0.15, -0.1) is 10.2 Å². The summed E-state index contributed by atoms with van der Waals surface area (Å²) in [7, 11) is 1.67. The largest absolute Gasteiger partial charge is 0.383 e. The molecule has 0 spiro atoms. The zero-order valence-electron chi connectivity index (χ0n) is 15.0. The number of nitrogens with one attached hydrogen (secondary N) is 1. The molecular formula is C18H23FN6O. The first kappa shape index (κ1) is 17.0. The van der Waals surface area contributed by atoms with Crippen molar-refractivity contribution < 1.29 is 9.13 Å². The smallest absolute Gasteiger partial charge is 0.227 e. The summed E-state index contributed by atoms with van der Waals surface area (Å²) in [6.07, 6.45) is 1.61. The number of hydrogen-bond donors (Lipinski definition) is 1. The molecule has 7 nitrogen and oxygen atoms in total. The third-order valence-corrected chi connectivity index (χ3v) is 4.94. The summed E-state index contributed by atoms with van der Waals surface area (Å²) in [6, 6.07) is 6.04. The number of methoxy groups -OCH3 is 1. The maximum Gasteiger partial charge on any atom is 0.227 e. The number of pyridine rings is 1. The molecule has 26 heavy (non-hydrogen) atoms. The quantitative estimate of drug-likeness (QED) is 0.731. The van der Waals surface area contributed by atoms with Gasteiger partial charge in [0.1, 0.15) is 17.6 Å². The van der Waals surface area contributed by atoms with E-state index in [4.69, 9.17) is 4.74 Å². The van der Waals surface area contributed by atoms with Crippen LogP contribution in [-0.2, 0) is 17.7 Å². The molecule has 0 aliphatic carbocycles. The number of hydrogen-bond acceptors (Lipinski definition) is 5.